The summed E-state index contributed by atoms with van der Waals surface area (Å²) in [7, 11) is -3.46. The van der Waals surface area contributed by atoms with Crippen molar-refractivity contribution in [2.24, 2.45) is 0 Å². The van der Waals surface area contributed by atoms with E-state index in [0.29, 0.717) is 43.4 Å². The van der Waals surface area contributed by atoms with Gasteiger partial charge in [0.05, 0.1) is 11.4 Å². The maximum Gasteiger partial charge on any atom is 0.452 e. The number of piperazine rings is 1. The summed E-state index contributed by atoms with van der Waals surface area (Å²) in [5.41, 5.74) is 0.977. The Balaban J connectivity index is 1.34. The van der Waals surface area contributed by atoms with Crippen molar-refractivity contribution in [2.45, 2.75) is 69.5 Å². The number of nitrogens with zero attached hydrogens (tertiary/aromatic N) is 8. The van der Waals surface area contributed by atoms with Gasteiger partial charge in [-0.15, -0.1) is 10.2 Å². The molecule has 3 aliphatic rings. The Bertz CT molecular complexity index is 1670. The molecule has 0 spiro atoms. The molecular weight excluding hydrogens is 561 g/mol. The maximum atomic E-state index is 13.5. The Kier molecular flexibility index (Phi) is 5.91. The standard InChI is InChI=1S/C26H31F3N8O3S/c1-15-11-35(23(38)25(5)8-9-41(25,39)40)16(2)10-34(15)20-19-21(31-14-30-20)37(13-24(19,3)4)17-6-7-18-32-33-22(26(27,28)29)36(18)12-17/h6-7,12,14-16H,8-11,13H2,1-5H3/t15-,16+,25-/m0/s1. The summed E-state index contributed by atoms with van der Waals surface area (Å²) in [6.07, 6.45) is -1.52. The lowest BCUT2D eigenvalue weighted by Crippen LogP contribution is -2.66. The number of amides is 1. The lowest BCUT2D eigenvalue weighted by molar-refractivity contribution is -0.145. The summed E-state index contributed by atoms with van der Waals surface area (Å²) in [6.45, 7) is 10.7. The van der Waals surface area contributed by atoms with Gasteiger partial charge in [0.25, 0.3) is 0 Å². The fourth-order valence-corrected chi connectivity index (χ4v) is 7.75. The number of halogens is 3. The maximum absolute atomic E-state index is 13.5. The van der Waals surface area contributed by atoms with E-state index in [9.17, 15) is 26.4 Å². The minimum Gasteiger partial charge on any atom is -0.350 e. The number of carbonyl (C=O) groups excluding carboxylic acids is 1. The number of hydrogen-bond acceptors (Lipinski definition) is 9. The van der Waals surface area contributed by atoms with Crippen LogP contribution in [0.1, 0.15) is 52.4 Å². The first-order valence-corrected chi connectivity index (χ1v) is 15.1. The molecule has 6 heterocycles. The van der Waals surface area contributed by atoms with Crippen molar-refractivity contribution in [3.05, 3.63) is 36.0 Å². The number of sulfone groups is 1. The number of rotatable bonds is 3. The van der Waals surface area contributed by atoms with Crippen LogP contribution in [0.25, 0.3) is 5.65 Å². The van der Waals surface area contributed by atoms with Gasteiger partial charge >= 0.3 is 6.18 Å². The highest BCUT2D eigenvalue weighted by atomic mass is 32.2. The zero-order valence-electron chi connectivity index (χ0n) is 23.3. The van der Waals surface area contributed by atoms with E-state index < -0.39 is 32.0 Å². The molecular formula is C26H31F3N8O3S. The van der Waals surface area contributed by atoms with Crippen LogP contribution in [0, 0.1) is 0 Å². The van der Waals surface area contributed by atoms with Crippen molar-refractivity contribution in [1.29, 1.82) is 0 Å². The zero-order chi connectivity index (χ0) is 29.7. The van der Waals surface area contributed by atoms with E-state index in [0.717, 1.165) is 9.96 Å². The normalized spacial score (nSPS) is 27.2. The third-order valence-corrected chi connectivity index (χ3v) is 11.2. The molecule has 11 nitrogen and oxygen atoms in total. The van der Waals surface area contributed by atoms with E-state index in [1.807, 2.05) is 32.6 Å². The molecule has 220 valence electrons. The third kappa shape index (κ3) is 4.06. The Hall–Kier alpha value is -3.49. The average molecular weight is 593 g/mol. The molecule has 0 N–H and O–H groups in total. The van der Waals surface area contributed by atoms with Crippen LogP contribution in [-0.4, -0.2) is 86.0 Å². The van der Waals surface area contributed by atoms with E-state index in [1.54, 1.807) is 11.0 Å². The minimum absolute atomic E-state index is 0.0274. The Morgan fingerprint density at radius 3 is 2.37 bits per heavy atom. The first-order chi connectivity index (χ1) is 19.0. The van der Waals surface area contributed by atoms with E-state index in [-0.39, 0.29) is 29.4 Å². The molecule has 15 heteroatoms. The van der Waals surface area contributed by atoms with Crippen molar-refractivity contribution >= 4 is 38.7 Å². The van der Waals surface area contributed by atoms with Gasteiger partial charge in [-0.05, 0) is 39.3 Å². The third-order valence-electron chi connectivity index (χ3n) is 8.75. The molecule has 1 amide bonds. The van der Waals surface area contributed by atoms with E-state index in [1.165, 1.54) is 25.5 Å². The molecule has 0 saturated carbocycles. The molecule has 0 bridgehead atoms. The molecule has 0 unspecified atom stereocenters. The van der Waals surface area contributed by atoms with Crippen molar-refractivity contribution in [3.63, 3.8) is 0 Å². The molecule has 0 radical (unpaired) electrons. The van der Waals surface area contributed by atoms with Crippen LogP contribution >= 0.6 is 0 Å². The summed E-state index contributed by atoms with van der Waals surface area (Å²) in [4.78, 5) is 28.2. The molecule has 2 saturated heterocycles. The summed E-state index contributed by atoms with van der Waals surface area (Å²) in [6, 6.07) is 2.75. The second kappa shape index (κ2) is 8.76. The summed E-state index contributed by atoms with van der Waals surface area (Å²) >= 11 is 0. The number of pyridine rings is 1. The van der Waals surface area contributed by atoms with Gasteiger partial charge in [0.2, 0.25) is 11.7 Å². The number of anilines is 3. The predicted molar refractivity (Wildman–Crippen MR) is 145 cm³/mol. The summed E-state index contributed by atoms with van der Waals surface area (Å²) < 4.78 is 65.0. The van der Waals surface area contributed by atoms with Gasteiger partial charge in [-0.3, -0.25) is 9.20 Å². The first kappa shape index (κ1) is 27.7. The first-order valence-electron chi connectivity index (χ1n) is 13.4. The van der Waals surface area contributed by atoms with Crippen LogP contribution in [0.15, 0.2) is 24.7 Å². The van der Waals surface area contributed by atoms with Crippen LogP contribution in [0.2, 0.25) is 0 Å². The lowest BCUT2D eigenvalue weighted by Gasteiger charge is -2.49. The Morgan fingerprint density at radius 2 is 1.73 bits per heavy atom. The molecule has 3 aromatic rings. The van der Waals surface area contributed by atoms with Gasteiger partial charge in [-0.1, -0.05) is 13.8 Å². The average Bonchev–Trinajstić information content (AvgIpc) is 3.46. The van der Waals surface area contributed by atoms with Crippen LogP contribution in [-0.2, 0) is 26.2 Å². The molecule has 0 aliphatic carbocycles. The largest absolute Gasteiger partial charge is 0.452 e. The Morgan fingerprint density at radius 1 is 1.02 bits per heavy atom. The molecule has 6 rings (SSSR count). The number of hydrogen-bond donors (Lipinski definition) is 0. The van der Waals surface area contributed by atoms with Crippen LogP contribution < -0.4 is 9.80 Å². The highest BCUT2D eigenvalue weighted by molar-refractivity contribution is 7.95. The number of alkyl halides is 3. The monoisotopic (exact) mass is 592 g/mol. The fraction of sp³-hybridized carbons (Fsp3) is 0.577. The minimum atomic E-state index is -4.66. The van der Waals surface area contributed by atoms with Crippen molar-refractivity contribution in [1.82, 2.24) is 29.5 Å². The fourth-order valence-electron chi connectivity index (χ4n) is 6.21. The molecule has 3 aliphatic heterocycles. The quantitative estimate of drug-likeness (QED) is 0.453. The predicted octanol–water partition coefficient (Wildman–Crippen LogP) is 2.97. The number of carbonyl (C=O) groups is 1. The molecule has 3 aromatic heterocycles. The summed E-state index contributed by atoms with van der Waals surface area (Å²) in [5.74, 6) is -0.148. The van der Waals surface area contributed by atoms with Crippen molar-refractivity contribution in [2.75, 3.05) is 35.2 Å². The smallest absolute Gasteiger partial charge is 0.350 e. The molecule has 0 aromatic carbocycles. The second-order valence-electron chi connectivity index (χ2n) is 12.1. The number of fused-ring (bicyclic) bond motifs is 2. The lowest BCUT2D eigenvalue weighted by atomic mass is 9.87. The molecule has 3 atom stereocenters. The van der Waals surface area contributed by atoms with Crippen molar-refractivity contribution < 1.29 is 26.4 Å². The van der Waals surface area contributed by atoms with Gasteiger partial charge in [-0.2, -0.15) is 13.2 Å². The second-order valence-corrected chi connectivity index (χ2v) is 14.6. The topological polar surface area (TPSA) is 117 Å². The van der Waals surface area contributed by atoms with Gasteiger partial charge in [0.15, 0.2) is 15.5 Å². The van der Waals surface area contributed by atoms with Gasteiger partial charge in [0.1, 0.15) is 22.7 Å². The van der Waals surface area contributed by atoms with E-state index in [4.69, 9.17) is 0 Å². The SMILES string of the molecule is C[C@@H]1CN(c2ncnc3c2C(C)(C)CN3c2ccc3nnc(C(F)(F)F)n3c2)[C@@H](C)CN1C(=O)[C@]1(C)CCS1(=O)=O. The summed E-state index contributed by atoms with van der Waals surface area (Å²) in [5, 5.41) is 6.97. The van der Waals surface area contributed by atoms with Crippen LogP contribution in [0.4, 0.5) is 30.5 Å². The van der Waals surface area contributed by atoms with Crippen LogP contribution in [0.5, 0.6) is 0 Å². The number of aromatic nitrogens is 5. The highest BCUT2D eigenvalue weighted by Gasteiger charge is 2.57. The van der Waals surface area contributed by atoms with E-state index in [2.05, 4.69) is 25.1 Å². The Labute approximate surface area is 235 Å². The zero-order valence-corrected chi connectivity index (χ0v) is 24.2. The van der Waals surface area contributed by atoms with E-state index >= 15 is 0 Å². The van der Waals surface area contributed by atoms with Crippen LogP contribution in [0.3, 0.4) is 0 Å². The highest BCUT2D eigenvalue weighted by Crippen LogP contribution is 2.47. The van der Waals surface area contributed by atoms with Gasteiger partial charge in [-0.25, -0.2) is 18.4 Å². The van der Waals surface area contributed by atoms with Gasteiger partial charge < -0.3 is 14.7 Å². The molecule has 2 fully saturated rings. The van der Waals surface area contributed by atoms with Gasteiger partial charge in [0, 0.05) is 48.9 Å². The molecule has 41 heavy (non-hydrogen) atoms. The van der Waals surface area contributed by atoms with Crippen molar-refractivity contribution in [3.8, 4) is 0 Å².